The molecule has 0 N–H and O–H groups in total. The van der Waals surface area contributed by atoms with Crippen molar-refractivity contribution in [1.29, 1.82) is 0 Å². The van der Waals surface area contributed by atoms with Crippen LogP contribution in [0.1, 0.15) is 17.2 Å². The zero-order valence-corrected chi connectivity index (χ0v) is 16.4. The van der Waals surface area contributed by atoms with E-state index in [0.29, 0.717) is 5.92 Å². The Morgan fingerprint density at radius 2 is 1.83 bits per heavy atom. The van der Waals surface area contributed by atoms with Gasteiger partial charge in [0.2, 0.25) is 5.95 Å². The Balaban J connectivity index is 1.40. The van der Waals surface area contributed by atoms with Gasteiger partial charge < -0.3 is 9.64 Å². The molecular formula is C23H21N5O. The molecule has 1 aliphatic heterocycles. The van der Waals surface area contributed by atoms with E-state index in [4.69, 9.17) is 9.72 Å². The molecule has 2 aromatic heterocycles. The average molecular weight is 383 g/mol. The largest absolute Gasteiger partial charge is 0.497 e. The fraction of sp³-hybridized carbons (Fsp3) is 0.217. The van der Waals surface area contributed by atoms with E-state index in [-0.39, 0.29) is 0 Å². The van der Waals surface area contributed by atoms with Crippen LogP contribution >= 0.6 is 0 Å². The number of nitrogens with zero attached hydrogens (tertiary/aromatic N) is 5. The summed E-state index contributed by atoms with van der Waals surface area (Å²) in [6.45, 7) is 3.74. The minimum absolute atomic E-state index is 0.293. The Morgan fingerprint density at radius 1 is 1.00 bits per heavy atom. The van der Waals surface area contributed by atoms with E-state index >= 15 is 0 Å². The zero-order valence-electron chi connectivity index (χ0n) is 16.4. The molecule has 0 atom stereocenters. The van der Waals surface area contributed by atoms with Gasteiger partial charge in [-0.1, -0.05) is 24.3 Å². The van der Waals surface area contributed by atoms with Gasteiger partial charge >= 0.3 is 0 Å². The van der Waals surface area contributed by atoms with Crippen molar-refractivity contribution >= 4 is 16.9 Å². The maximum atomic E-state index is 5.36. The van der Waals surface area contributed by atoms with Gasteiger partial charge in [-0.25, -0.2) is 9.97 Å². The van der Waals surface area contributed by atoms with Crippen LogP contribution in [0.3, 0.4) is 0 Å². The van der Waals surface area contributed by atoms with E-state index in [1.54, 1.807) is 19.5 Å². The van der Waals surface area contributed by atoms with Crippen molar-refractivity contribution in [3.05, 3.63) is 72.3 Å². The van der Waals surface area contributed by atoms with Gasteiger partial charge in [0.25, 0.3) is 0 Å². The molecule has 0 aliphatic carbocycles. The molecule has 0 bridgehead atoms. The second-order valence-electron chi connectivity index (χ2n) is 7.30. The zero-order chi connectivity index (χ0) is 19.8. The number of benzene rings is 2. The number of ether oxygens (including phenoxy) is 1. The topological polar surface area (TPSA) is 64.0 Å². The predicted molar refractivity (Wildman–Crippen MR) is 113 cm³/mol. The molecule has 29 heavy (non-hydrogen) atoms. The molecule has 2 aromatic carbocycles. The van der Waals surface area contributed by atoms with Crippen molar-refractivity contribution in [2.45, 2.75) is 12.8 Å². The van der Waals surface area contributed by atoms with Crippen LogP contribution in [0, 0.1) is 6.92 Å². The Labute approximate surface area is 169 Å². The summed E-state index contributed by atoms with van der Waals surface area (Å²) < 4.78 is 5.36. The molecule has 1 saturated heterocycles. The lowest BCUT2D eigenvalue weighted by molar-refractivity contribution is 0.415. The van der Waals surface area contributed by atoms with Crippen LogP contribution < -0.4 is 9.64 Å². The number of hydrogen-bond acceptors (Lipinski definition) is 6. The SMILES string of the molecule is COc1cccc(-c2nccnc2C2CN(c3ncc4c(C)cccc4n3)C2)c1. The summed E-state index contributed by atoms with van der Waals surface area (Å²) in [5.74, 6) is 1.88. The van der Waals surface area contributed by atoms with Gasteiger partial charge in [-0.05, 0) is 30.7 Å². The number of methoxy groups -OCH3 is 1. The molecule has 4 aromatic rings. The van der Waals surface area contributed by atoms with E-state index in [9.17, 15) is 0 Å². The van der Waals surface area contributed by atoms with Gasteiger partial charge in [-0.15, -0.1) is 0 Å². The van der Waals surface area contributed by atoms with Crippen LogP contribution in [0.4, 0.5) is 5.95 Å². The molecule has 6 heteroatoms. The molecule has 144 valence electrons. The van der Waals surface area contributed by atoms with E-state index < -0.39 is 0 Å². The third-order valence-corrected chi connectivity index (χ3v) is 5.45. The molecule has 0 radical (unpaired) electrons. The Kier molecular flexibility index (Phi) is 4.31. The lowest BCUT2D eigenvalue weighted by atomic mass is 9.92. The van der Waals surface area contributed by atoms with Crippen molar-refractivity contribution in [2.24, 2.45) is 0 Å². The van der Waals surface area contributed by atoms with Crippen LogP contribution in [0.15, 0.2) is 61.1 Å². The summed E-state index contributed by atoms with van der Waals surface area (Å²) in [5, 5.41) is 1.10. The molecule has 5 rings (SSSR count). The van der Waals surface area contributed by atoms with Crippen LogP contribution in [-0.4, -0.2) is 40.1 Å². The molecule has 0 amide bonds. The Bertz CT molecular complexity index is 1190. The molecule has 0 spiro atoms. The maximum absolute atomic E-state index is 5.36. The van der Waals surface area contributed by atoms with Crippen LogP contribution in [0.2, 0.25) is 0 Å². The van der Waals surface area contributed by atoms with Crippen molar-refractivity contribution in [2.75, 3.05) is 25.1 Å². The van der Waals surface area contributed by atoms with E-state index in [1.807, 2.05) is 42.6 Å². The number of anilines is 1. The van der Waals surface area contributed by atoms with E-state index in [0.717, 1.165) is 52.6 Å². The molecule has 0 saturated carbocycles. The number of aromatic nitrogens is 4. The molecule has 1 aliphatic rings. The maximum Gasteiger partial charge on any atom is 0.225 e. The smallest absolute Gasteiger partial charge is 0.225 e. The lowest BCUT2D eigenvalue weighted by Gasteiger charge is -2.39. The second-order valence-corrected chi connectivity index (χ2v) is 7.30. The molecule has 1 fully saturated rings. The fourth-order valence-corrected chi connectivity index (χ4v) is 3.80. The monoisotopic (exact) mass is 383 g/mol. The number of fused-ring (bicyclic) bond motifs is 1. The molecule has 3 heterocycles. The molecular weight excluding hydrogens is 362 g/mol. The first-order valence-electron chi connectivity index (χ1n) is 9.65. The van der Waals surface area contributed by atoms with Crippen LogP contribution in [0.25, 0.3) is 22.2 Å². The normalized spacial score (nSPS) is 14.1. The first-order valence-corrected chi connectivity index (χ1v) is 9.65. The van der Waals surface area contributed by atoms with Crippen LogP contribution in [-0.2, 0) is 0 Å². The van der Waals surface area contributed by atoms with Crippen LogP contribution in [0.5, 0.6) is 5.75 Å². The van der Waals surface area contributed by atoms with Gasteiger partial charge in [0.05, 0.1) is 24.0 Å². The van der Waals surface area contributed by atoms with Crippen molar-refractivity contribution in [3.63, 3.8) is 0 Å². The van der Waals surface area contributed by atoms with Gasteiger partial charge in [0, 0.05) is 48.5 Å². The minimum Gasteiger partial charge on any atom is -0.497 e. The Hall–Kier alpha value is -3.54. The average Bonchev–Trinajstić information content (AvgIpc) is 2.73. The summed E-state index contributed by atoms with van der Waals surface area (Å²) in [4.78, 5) is 20.8. The minimum atomic E-state index is 0.293. The highest BCUT2D eigenvalue weighted by atomic mass is 16.5. The summed E-state index contributed by atoms with van der Waals surface area (Å²) in [5.41, 5.74) is 5.11. The third kappa shape index (κ3) is 3.16. The first kappa shape index (κ1) is 17.6. The molecule has 6 nitrogen and oxygen atoms in total. The quantitative estimate of drug-likeness (QED) is 0.531. The van der Waals surface area contributed by atoms with Gasteiger partial charge in [-0.3, -0.25) is 9.97 Å². The number of aryl methyl sites for hydroxylation is 1. The lowest BCUT2D eigenvalue weighted by Crippen LogP contribution is -2.46. The van der Waals surface area contributed by atoms with Crippen molar-refractivity contribution in [1.82, 2.24) is 19.9 Å². The van der Waals surface area contributed by atoms with Gasteiger partial charge in [0.15, 0.2) is 0 Å². The summed E-state index contributed by atoms with van der Waals surface area (Å²) in [7, 11) is 1.67. The fourth-order valence-electron chi connectivity index (χ4n) is 3.80. The number of rotatable bonds is 4. The third-order valence-electron chi connectivity index (χ3n) is 5.45. The van der Waals surface area contributed by atoms with E-state index in [1.165, 1.54) is 5.56 Å². The van der Waals surface area contributed by atoms with Gasteiger partial charge in [0.1, 0.15) is 5.75 Å². The predicted octanol–water partition coefficient (Wildman–Crippen LogP) is 4.01. The van der Waals surface area contributed by atoms with Crippen molar-refractivity contribution in [3.8, 4) is 17.0 Å². The second kappa shape index (κ2) is 7.13. The summed E-state index contributed by atoms with van der Waals surface area (Å²) in [6.07, 6.45) is 5.42. The highest BCUT2D eigenvalue weighted by molar-refractivity contribution is 5.82. The summed E-state index contributed by atoms with van der Waals surface area (Å²) >= 11 is 0. The van der Waals surface area contributed by atoms with Gasteiger partial charge in [-0.2, -0.15) is 0 Å². The van der Waals surface area contributed by atoms with Crippen molar-refractivity contribution < 1.29 is 4.74 Å². The standard InChI is InChI=1S/C23H21N5O/c1-15-5-3-8-20-19(15)12-26-23(27-20)28-13-17(14-28)22-21(24-9-10-25-22)16-6-4-7-18(11-16)29-2/h3-12,17H,13-14H2,1-2H3. The van der Waals surface area contributed by atoms with E-state index in [2.05, 4.69) is 32.8 Å². The first-order chi connectivity index (χ1) is 14.2. The highest BCUT2D eigenvalue weighted by Gasteiger charge is 2.33. The number of hydrogen-bond donors (Lipinski definition) is 0. The highest BCUT2D eigenvalue weighted by Crippen LogP contribution is 2.34. The summed E-state index contributed by atoms with van der Waals surface area (Å²) in [6, 6.07) is 14.1. The Morgan fingerprint density at radius 3 is 2.69 bits per heavy atom. The molecule has 0 unspecified atom stereocenters.